The molecule has 1 radical (unpaired) electrons. The number of amides is 2. The van der Waals surface area contributed by atoms with Gasteiger partial charge in [0.05, 0.1) is 18.4 Å². The van der Waals surface area contributed by atoms with E-state index in [0.29, 0.717) is 17.8 Å². The minimum Gasteiger partial charge on any atom is -0.542 e. The Morgan fingerprint density at radius 3 is 2.49 bits per heavy atom. The van der Waals surface area contributed by atoms with Crippen LogP contribution in [0.2, 0.25) is 0 Å². The number of hydrogen-bond donors (Lipinski definition) is 6. The summed E-state index contributed by atoms with van der Waals surface area (Å²) in [4.78, 5) is 70.7. The van der Waals surface area contributed by atoms with Crippen LogP contribution < -0.4 is 27.2 Å². The molecule has 0 bridgehead atoms. The van der Waals surface area contributed by atoms with Crippen molar-refractivity contribution in [1.82, 2.24) is 30.6 Å². The van der Waals surface area contributed by atoms with E-state index < -0.39 is 23.5 Å². The van der Waals surface area contributed by atoms with Gasteiger partial charge in [-0.3, -0.25) is 25.7 Å². The fraction of sp³-hybridized carbons (Fsp3) is 0.346. The second kappa shape index (κ2) is 18.5. The Hall–Kier alpha value is -3.78. The average molecular weight is 641 g/mol. The number of carboxylic acid groups (broad SMARTS) is 1. The Morgan fingerprint density at radius 1 is 1.17 bits per heavy atom. The van der Waals surface area contributed by atoms with Crippen molar-refractivity contribution < 1.29 is 57.0 Å². The third-order valence-corrected chi connectivity index (χ3v) is 5.43. The Morgan fingerprint density at radius 2 is 1.88 bits per heavy atom. The zero-order chi connectivity index (χ0) is 29.5. The van der Waals surface area contributed by atoms with Crippen molar-refractivity contribution in [2.24, 2.45) is 0 Å². The largest absolute Gasteiger partial charge is 0.542 e. The number of rotatable bonds is 13. The van der Waals surface area contributed by atoms with Crippen LogP contribution in [0.1, 0.15) is 54.6 Å². The van der Waals surface area contributed by atoms with Gasteiger partial charge in [-0.2, -0.15) is 11.4 Å². The van der Waals surface area contributed by atoms with Crippen LogP contribution in [0.3, 0.4) is 0 Å². The van der Waals surface area contributed by atoms with Crippen molar-refractivity contribution in [3.05, 3.63) is 59.0 Å². The number of carboxylic acids is 1. The number of benzene rings is 1. The van der Waals surface area contributed by atoms with Gasteiger partial charge < -0.3 is 38.5 Å². The van der Waals surface area contributed by atoms with E-state index in [9.17, 15) is 24.0 Å². The van der Waals surface area contributed by atoms with Gasteiger partial charge in [-0.05, 0) is 37.1 Å². The molecular weight excluding hydrogens is 609 g/mol. The van der Waals surface area contributed by atoms with Gasteiger partial charge in [0.2, 0.25) is 11.9 Å². The minimum absolute atomic E-state index is 0. The summed E-state index contributed by atoms with van der Waals surface area (Å²) in [5.74, 6) is -1.71. The Kier molecular flexibility index (Phi) is 15.9. The molecule has 7 N–H and O–H groups in total. The molecule has 3 aromatic rings. The number of anilines is 2. The summed E-state index contributed by atoms with van der Waals surface area (Å²) >= 11 is 0. The quantitative estimate of drug-likeness (QED) is 0.115. The van der Waals surface area contributed by atoms with Crippen molar-refractivity contribution in [1.29, 1.82) is 0 Å². The van der Waals surface area contributed by atoms with Gasteiger partial charge >= 0.3 is 5.97 Å². The number of hydrogen-bond acceptors (Lipinski definition) is 10. The molecular formula is C26H32N8O6Y-2. The SMILES string of the molecule is Nc1nc2ncc(CNc3ccc(C(=O)NC(CC[C-]=O)C(=O)O)cc3)nc2c(=O)[nH]1.[CH2-]CCCCC(=O)NC.[Y]. The van der Waals surface area contributed by atoms with Crippen LogP contribution in [0.4, 0.5) is 11.6 Å². The monoisotopic (exact) mass is 641 g/mol. The van der Waals surface area contributed by atoms with Gasteiger partial charge in [0, 0.05) is 57.4 Å². The first-order valence-corrected chi connectivity index (χ1v) is 12.4. The molecule has 0 aliphatic carbocycles. The van der Waals surface area contributed by atoms with Crippen LogP contribution in [-0.4, -0.2) is 62.2 Å². The summed E-state index contributed by atoms with van der Waals surface area (Å²) in [6.07, 6.45) is 6.52. The molecule has 1 atom stereocenters. The molecule has 217 valence electrons. The topological polar surface area (TPSA) is 222 Å². The molecule has 2 aromatic heterocycles. The zero-order valence-corrected chi connectivity index (χ0v) is 25.4. The van der Waals surface area contributed by atoms with Gasteiger partial charge in [0.25, 0.3) is 11.5 Å². The molecule has 1 unspecified atom stereocenters. The number of aromatic nitrogens is 4. The van der Waals surface area contributed by atoms with Gasteiger partial charge in [0.15, 0.2) is 11.2 Å². The van der Waals surface area contributed by atoms with Crippen molar-refractivity contribution >= 4 is 46.9 Å². The summed E-state index contributed by atoms with van der Waals surface area (Å²) in [6, 6.07) is 5.13. The van der Waals surface area contributed by atoms with Crippen LogP contribution in [-0.2, 0) is 53.6 Å². The number of carbonyl (C=O) groups excluding carboxylic acids is 3. The number of nitrogens with two attached hydrogens (primary N) is 1. The number of carbonyl (C=O) groups is 3. The molecule has 1 aromatic carbocycles. The predicted molar refractivity (Wildman–Crippen MR) is 148 cm³/mol. The maximum absolute atomic E-state index is 12.2. The van der Waals surface area contributed by atoms with Gasteiger partial charge in [-0.1, -0.05) is 6.42 Å². The smallest absolute Gasteiger partial charge is 0.326 e. The second-order valence-electron chi connectivity index (χ2n) is 8.45. The Balaban J connectivity index is 0.000000728. The first kappa shape index (κ1) is 35.3. The van der Waals surface area contributed by atoms with Crippen molar-refractivity contribution in [2.75, 3.05) is 18.1 Å². The molecule has 15 heteroatoms. The molecule has 0 aliphatic heterocycles. The van der Waals surface area contributed by atoms with Crippen molar-refractivity contribution in [3.8, 4) is 0 Å². The maximum Gasteiger partial charge on any atom is 0.326 e. The van der Waals surface area contributed by atoms with Crippen molar-refractivity contribution in [2.45, 2.75) is 51.1 Å². The number of unbranched alkanes of at least 4 members (excludes halogenated alkanes) is 2. The first-order valence-electron chi connectivity index (χ1n) is 12.4. The van der Waals surface area contributed by atoms with Crippen LogP contribution in [0.15, 0.2) is 35.3 Å². The van der Waals surface area contributed by atoms with Crippen molar-refractivity contribution in [3.63, 3.8) is 0 Å². The van der Waals surface area contributed by atoms with E-state index in [1.807, 2.05) is 0 Å². The first-order chi connectivity index (χ1) is 19.2. The summed E-state index contributed by atoms with van der Waals surface area (Å²) < 4.78 is 0. The Bertz CT molecular complexity index is 1370. The number of nitrogen functional groups attached to an aromatic ring is 1. The van der Waals surface area contributed by atoms with E-state index >= 15 is 0 Å². The molecule has 0 fully saturated rings. The van der Waals surface area contributed by atoms with E-state index in [1.165, 1.54) is 18.3 Å². The number of H-pyrrole nitrogens is 1. The predicted octanol–water partition coefficient (Wildman–Crippen LogP) is 1.10. The van der Waals surface area contributed by atoms with E-state index in [2.05, 4.69) is 42.8 Å². The van der Waals surface area contributed by atoms with Crippen LogP contribution in [0.25, 0.3) is 11.2 Å². The third kappa shape index (κ3) is 12.1. The molecule has 2 amide bonds. The number of nitrogens with zero attached hydrogens (tertiary/aromatic N) is 3. The van der Waals surface area contributed by atoms with Crippen LogP contribution in [0, 0.1) is 6.92 Å². The summed E-state index contributed by atoms with van der Waals surface area (Å²) in [7, 11) is 1.66. The van der Waals surface area contributed by atoms with Gasteiger partial charge in [-0.15, -0.1) is 6.42 Å². The maximum atomic E-state index is 12.2. The Labute approximate surface area is 261 Å². The normalized spacial score (nSPS) is 10.8. The van der Waals surface area contributed by atoms with Crippen LogP contribution >= 0.6 is 0 Å². The molecule has 3 rings (SSSR count). The molecule has 0 saturated heterocycles. The standard InChI is InChI=1S/C19H18N7O5.C7H14NO.Y/c20-19-25-15-14(17(29)26-19)23-12(9-22-15)8-21-11-5-3-10(4-6-11)16(28)24-13(18(30)31)2-1-7-27;1-3-4-5-6-7(9)8-2;/h3-6,9,13,21H,1-2,8H2,(H,24,28)(H,30,31)(H3,20,22,25,26,29);1,3-6H2,2H3,(H,8,9);/q2*-1;. The van der Waals surface area contributed by atoms with Gasteiger partial charge in [0.1, 0.15) is 6.04 Å². The average Bonchev–Trinajstić information content (AvgIpc) is 2.94. The van der Waals surface area contributed by atoms with Gasteiger partial charge in [-0.25, -0.2) is 14.8 Å². The summed E-state index contributed by atoms with van der Waals surface area (Å²) in [5, 5.41) is 17.1. The molecule has 14 nitrogen and oxygen atoms in total. The van der Waals surface area contributed by atoms with E-state index in [1.54, 1.807) is 25.5 Å². The fourth-order valence-corrected chi connectivity index (χ4v) is 3.28. The molecule has 0 spiro atoms. The zero-order valence-electron chi connectivity index (χ0n) is 22.6. The van der Waals surface area contributed by atoms with E-state index in [-0.39, 0.29) is 80.7 Å². The fourth-order valence-electron chi connectivity index (χ4n) is 3.28. The molecule has 2 heterocycles. The van der Waals surface area contributed by atoms with E-state index in [4.69, 9.17) is 10.8 Å². The van der Waals surface area contributed by atoms with Crippen LogP contribution in [0.5, 0.6) is 0 Å². The number of aromatic amines is 1. The van der Waals surface area contributed by atoms with E-state index in [0.717, 1.165) is 19.3 Å². The summed E-state index contributed by atoms with van der Waals surface area (Å²) in [6.45, 7) is 3.93. The minimum atomic E-state index is -1.23. The second-order valence-corrected chi connectivity index (χ2v) is 8.45. The molecule has 0 saturated carbocycles. The number of aliphatic carboxylic acids is 1. The number of fused-ring (bicyclic) bond motifs is 1. The number of nitrogens with one attached hydrogen (secondary N) is 4. The molecule has 41 heavy (non-hydrogen) atoms. The molecule has 0 aliphatic rings. The third-order valence-electron chi connectivity index (χ3n) is 5.43. The summed E-state index contributed by atoms with van der Waals surface area (Å²) in [5.41, 5.74) is 6.61.